The van der Waals surface area contributed by atoms with Crippen LogP contribution >= 0.6 is 0 Å². The van der Waals surface area contributed by atoms with E-state index < -0.39 is 44.6 Å². The van der Waals surface area contributed by atoms with Crippen LogP contribution in [0.25, 0.3) is 0 Å². The third kappa shape index (κ3) is 5.26. The fraction of sp³-hybridized carbons (Fsp3) is 0.200. The van der Waals surface area contributed by atoms with Crippen LogP contribution in [0.2, 0.25) is 0 Å². The van der Waals surface area contributed by atoms with Crippen molar-refractivity contribution in [3.63, 3.8) is 0 Å². The first-order chi connectivity index (χ1) is 15.8. The van der Waals surface area contributed by atoms with E-state index in [-0.39, 0.29) is 27.9 Å². The van der Waals surface area contributed by atoms with Crippen molar-refractivity contribution >= 4 is 21.4 Å². The van der Waals surface area contributed by atoms with Gasteiger partial charge in [-0.15, -0.1) is 10.2 Å². The molecular formula is C20H15F3N6O4S. The number of carbonyl (C=O) groups is 1. The number of nitrogens with zero attached hydrogens (tertiary/aromatic N) is 5. The van der Waals surface area contributed by atoms with E-state index in [1.165, 1.54) is 25.1 Å². The summed E-state index contributed by atoms with van der Waals surface area (Å²) in [6.07, 6.45) is -2.87. The molecule has 0 atom stereocenters. The molecule has 3 aromatic rings. The molecule has 2 heterocycles. The molecule has 0 aliphatic heterocycles. The van der Waals surface area contributed by atoms with E-state index in [4.69, 9.17) is 10.00 Å². The number of sulfone groups is 1. The van der Waals surface area contributed by atoms with Crippen LogP contribution in [0.1, 0.15) is 33.0 Å². The second-order valence-corrected chi connectivity index (χ2v) is 8.98. The SMILES string of the molecule is Cc1nc(C#N)cnc1Oc1nnc(C(F)(F)F)c(C)c1C(=O)Nc1cccc(S(C)(=O)=O)c1. The Kier molecular flexibility index (Phi) is 6.51. The number of benzene rings is 1. The Morgan fingerprint density at radius 1 is 1.18 bits per heavy atom. The molecule has 0 aliphatic carbocycles. The van der Waals surface area contributed by atoms with Crippen molar-refractivity contribution in [1.82, 2.24) is 20.2 Å². The summed E-state index contributed by atoms with van der Waals surface area (Å²) < 4.78 is 69.2. The maximum atomic E-state index is 13.4. The fourth-order valence-corrected chi connectivity index (χ4v) is 3.49. The third-order valence-electron chi connectivity index (χ3n) is 4.41. The number of alkyl halides is 3. The number of carbonyl (C=O) groups excluding carboxylic acids is 1. The molecule has 2 aromatic heterocycles. The quantitative estimate of drug-likeness (QED) is 0.567. The van der Waals surface area contributed by atoms with Gasteiger partial charge in [-0.25, -0.2) is 18.4 Å². The van der Waals surface area contributed by atoms with Crippen molar-refractivity contribution in [3.8, 4) is 17.8 Å². The number of anilines is 1. The highest BCUT2D eigenvalue weighted by atomic mass is 32.2. The molecule has 0 radical (unpaired) electrons. The van der Waals surface area contributed by atoms with Crippen LogP contribution in [0.3, 0.4) is 0 Å². The predicted molar refractivity (Wildman–Crippen MR) is 111 cm³/mol. The van der Waals surface area contributed by atoms with Gasteiger partial charge in [-0.1, -0.05) is 6.07 Å². The lowest BCUT2D eigenvalue weighted by atomic mass is 10.1. The van der Waals surface area contributed by atoms with E-state index in [0.29, 0.717) is 0 Å². The van der Waals surface area contributed by atoms with Crippen LogP contribution in [0.4, 0.5) is 18.9 Å². The van der Waals surface area contributed by atoms with E-state index in [1.54, 1.807) is 6.07 Å². The summed E-state index contributed by atoms with van der Waals surface area (Å²) in [5, 5.41) is 17.8. The molecule has 34 heavy (non-hydrogen) atoms. The van der Waals surface area contributed by atoms with E-state index in [2.05, 4.69) is 25.5 Å². The molecule has 0 saturated heterocycles. The van der Waals surface area contributed by atoms with Crippen molar-refractivity contribution < 1.29 is 31.1 Å². The van der Waals surface area contributed by atoms with Crippen molar-refractivity contribution in [2.75, 3.05) is 11.6 Å². The van der Waals surface area contributed by atoms with Gasteiger partial charge in [-0.3, -0.25) is 4.79 Å². The van der Waals surface area contributed by atoms with Crippen LogP contribution < -0.4 is 10.1 Å². The summed E-state index contributed by atoms with van der Waals surface area (Å²) >= 11 is 0. The average molecular weight is 492 g/mol. The minimum absolute atomic E-state index is 0.0120. The number of aryl methyl sites for hydroxylation is 1. The first-order valence-electron chi connectivity index (χ1n) is 9.28. The Hall–Kier alpha value is -4.12. The smallest absolute Gasteiger partial charge is 0.416 e. The van der Waals surface area contributed by atoms with Crippen LogP contribution in [-0.4, -0.2) is 40.7 Å². The molecule has 10 nitrogen and oxygen atoms in total. The van der Waals surface area contributed by atoms with Crippen molar-refractivity contribution in [1.29, 1.82) is 5.26 Å². The molecular weight excluding hydrogens is 477 g/mol. The Morgan fingerprint density at radius 2 is 1.88 bits per heavy atom. The van der Waals surface area contributed by atoms with Crippen LogP contribution in [0.15, 0.2) is 35.4 Å². The normalized spacial score (nSPS) is 11.6. The minimum atomic E-state index is -4.91. The molecule has 14 heteroatoms. The van der Waals surface area contributed by atoms with Crippen LogP contribution in [0, 0.1) is 25.2 Å². The monoisotopic (exact) mass is 492 g/mol. The number of nitriles is 1. The molecule has 0 unspecified atom stereocenters. The number of halogens is 3. The first kappa shape index (κ1) is 24.5. The summed E-state index contributed by atoms with van der Waals surface area (Å²) in [6.45, 7) is 2.45. The molecule has 0 bridgehead atoms. The number of aromatic nitrogens is 4. The lowest BCUT2D eigenvalue weighted by Crippen LogP contribution is -2.21. The molecule has 0 saturated carbocycles. The minimum Gasteiger partial charge on any atom is -0.416 e. The summed E-state index contributed by atoms with van der Waals surface area (Å²) in [5.74, 6) is -1.86. The highest BCUT2D eigenvalue weighted by Gasteiger charge is 2.38. The largest absolute Gasteiger partial charge is 0.435 e. The first-order valence-corrected chi connectivity index (χ1v) is 11.2. The second-order valence-electron chi connectivity index (χ2n) is 6.97. The molecule has 0 fully saturated rings. The Bertz CT molecular complexity index is 1440. The number of ether oxygens (including phenoxy) is 1. The molecule has 1 amide bonds. The maximum Gasteiger partial charge on any atom is 0.435 e. The predicted octanol–water partition coefficient (Wildman–Crippen LogP) is 3.22. The summed E-state index contributed by atoms with van der Waals surface area (Å²) in [5.41, 5.74) is -2.48. The zero-order valence-corrected chi connectivity index (χ0v) is 18.6. The average Bonchev–Trinajstić information content (AvgIpc) is 2.73. The molecule has 0 spiro atoms. The number of nitrogens with one attached hydrogen (secondary N) is 1. The van der Waals surface area contributed by atoms with Gasteiger partial charge in [0, 0.05) is 11.9 Å². The zero-order valence-electron chi connectivity index (χ0n) is 17.8. The van der Waals surface area contributed by atoms with Crippen LogP contribution in [0.5, 0.6) is 11.8 Å². The summed E-state index contributed by atoms with van der Waals surface area (Å²) in [6, 6.07) is 6.94. The van der Waals surface area contributed by atoms with Gasteiger partial charge in [0.15, 0.2) is 21.2 Å². The van der Waals surface area contributed by atoms with Gasteiger partial charge >= 0.3 is 6.18 Å². The third-order valence-corrected chi connectivity index (χ3v) is 5.52. The van der Waals surface area contributed by atoms with Gasteiger partial charge in [0.05, 0.1) is 11.1 Å². The number of amides is 1. The molecule has 0 aliphatic rings. The molecule has 1 N–H and O–H groups in total. The van der Waals surface area contributed by atoms with Crippen LogP contribution in [-0.2, 0) is 16.0 Å². The topological polar surface area (TPSA) is 148 Å². The standard InChI is InChI=1S/C20H15F3N6O4S/c1-10-15(17(30)27-12-5-4-6-14(7-12)34(3,31)32)19(29-28-16(10)20(21,22)23)33-18-11(2)26-13(8-24)9-25-18/h4-7,9H,1-3H3,(H,27,30). The highest BCUT2D eigenvalue weighted by molar-refractivity contribution is 7.90. The lowest BCUT2D eigenvalue weighted by molar-refractivity contribution is -0.142. The van der Waals surface area contributed by atoms with E-state index in [9.17, 15) is 26.4 Å². The van der Waals surface area contributed by atoms with Crippen molar-refractivity contribution in [2.45, 2.75) is 24.9 Å². The van der Waals surface area contributed by atoms with Crippen molar-refractivity contribution in [2.24, 2.45) is 0 Å². The highest BCUT2D eigenvalue weighted by Crippen LogP contribution is 2.35. The Balaban J connectivity index is 2.08. The van der Waals surface area contributed by atoms with E-state index in [1.807, 2.05) is 0 Å². The number of hydrogen-bond donors (Lipinski definition) is 1. The zero-order chi connectivity index (χ0) is 25.3. The van der Waals surface area contributed by atoms with Gasteiger partial charge in [-0.2, -0.15) is 18.4 Å². The van der Waals surface area contributed by atoms with Crippen molar-refractivity contribution in [3.05, 3.63) is 58.7 Å². The van der Waals surface area contributed by atoms with Gasteiger partial charge < -0.3 is 10.1 Å². The fourth-order valence-electron chi connectivity index (χ4n) is 2.82. The molecule has 176 valence electrons. The number of hydrogen-bond acceptors (Lipinski definition) is 9. The summed E-state index contributed by atoms with van der Waals surface area (Å²) in [7, 11) is -3.60. The van der Waals surface area contributed by atoms with Gasteiger partial charge in [-0.05, 0) is 37.6 Å². The van der Waals surface area contributed by atoms with Gasteiger partial charge in [0.2, 0.25) is 5.88 Å². The number of rotatable bonds is 5. The van der Waals surface area contributed by atoms with E-state index >= 15 is 0 Å². The lowest BCUT2D eigenvalue weighted by Gasteiger charge is -2.16. The summed E-state index contributed by atoms with van der Waals surface area (Å²) in [4.78, 5) is 20.7. The van der Waals surface area contributed by atoms with E-state index in [0.717, 1.165) is 25.4 Å². The molecule has 1 aromatic carbocycles. The Labute approximate surface area is 191 Å². The van der Waals surface area contributed by atoms with Gasteiger partial charge in [0.1, 0.15) is 17.3 Å². The Morgan fingerprint density at radius 3 is 2.47 bits per heavy atom. The maximum absolute atomic E-state index is 13.4. The van der Waals surface area contributed by atoms with Gasteiger partial charge in [0.25, 0.3) is 11.8 Å². The molecule has 3 rings (SSSR count). The second kappa shape index (κ2) is 9.02.